The summed E-state index contributed by atoms with van der Waals surface area (Å²) in [6.45, 7) is 0. The van der Waals surface area contributed by atoms with Crippen LogP contribution in [0.1, 0.15) is 28.7 Å². The van der Waals surface area contributed by atoms with E-state index < -0.39 is 0 Å². The third kappa shape index (κ3) is 4.54. The Morgan fingerprint density at radius 2 is 1.73 bits per heavy atom. The van der Waals surface area contributed by atoms with Gasteiger partial charge in [0.1, 0.15) is 0 Å². The molecule has 0 aliphatic rings. The number of carbonyl (C=O) groups is 1. The first-order chi connectivity index (χ1) is 10.7. The van der Waals surface area contributed by atoms with Crippen LogP contribution in [-0.4, -0.2) is 13.1 Å². The molecule has 2 aromatic carbocycles. The van der Waals surface area contributed by atoms with Crippen molar-refractivity contribution in [2.45, 2.75) is 12.8 Å². The lowest BCUT2D eigenvalue weighted by atomic mass is 10.1. The fraction of sp³-hybridized carbons (Fsp3) is 0.150. The van der Waals surface area contributed by atoms with Gasteiger partial charge in [-0.15, -0.1) is 6.42 Å². The molecule has 108 valence electrons. The Bertz CT molecular complexity index is 753. The summed E-state index contributed by atoms with van der Waals surface area (Å²) in [5.41, 5.74) is 3.73. The highest BCUT2D eigenvalue weighted by atomic mass is 16.5. The molecule has 2 rings (SSSR count). The van der Waals surface area contributed by atoms with Crippen LogP contribution in [0.2, 0.25) is 0 Å². The number of ether oxygens (including phenoxy) is 1. The number of hydrogen-bond acceptors (Lipinski definition) is 2. The zero-order valence-corrected chi connectivity index (χ0v) is 12.4. The molecule has 0 N–H and O–H groups in total. The molecular weight excluding hydrogens is 272 g/mol. The zero-order chi connectivity index (χ0) is 15.8. The van der Waals surface area contributed by atoms with Gasteiger partial charge in [0.05, 0.1) is 7.11 Å². The summed E-state index contributed by atoms with van der Waals surface area (Å²) >= 11 is 0. The molecule has 0 aliphatic carbocycles. The first-order valence-electron chi connectivity index (χ1n) is 6.96. The Morgan fingerprint density at radius 1 is 1.05 bits per heavy atom. The Morgan fingerprint density at radius 3 is 2.41 bits per heavy atom. The number of terminal acetylenes is 1. The van der Waals surface area contributed by atoms with Gasteiger partial charge in [-0.25, -0.2) is 0 Å². The van der Waals surface area contributed by atoms with Crippen LogP contribution in [0, 0.1) is 24.2 Å². The van der Waals surface area contributed by atoms with Crippen molar-refractivity contribution in [1.82, 2.24) is 0 Å². The molecule has 2 heteroatoms. The average Bonchev–Trinajstić information content (AvgIpc) is 2.58. The van der Waals surface area contributed by atoms with Gasteiger partial charge in [0.2, 0.25) is 0 Å². The van der Waals surface area contributed by atoms with Crippen LogP contribution in [0.5, 0.6) is 0 Å². The minimum absolute atomic E-state index is 0.197. The molecular formula is C20H16O2. The molecule has 0 aromatic heterocycles. The smallest absolute Gasteiger partial charge is 0.305 e. The van der Waals surface area contributed by atoms with Gasteiger partial charge in [-0.1, -0.05) is 36.0 Å². The van der Waals surface area contributed by atoms with E-state index in [0.29, 0.717) is 12.8 Å². The first-order valence-corrected chi connectivity index (χ1v) is 6.96. The molecule has 0 spiro atoms. The van der Waals surface area contributed by atoms with Gasteiger partial charge in [-0.2, -0.15) is 0 Å². The van der Waals surface area contributed by atoms with Crippen molar-refractivity contribution in [3.8, 4) is 24.2 Å². The van der Waals surface area contributed by atoms with Crippen LogP contribution >= 0.6 is 0 Å². The Hall–Kier alpha value is -2.97. The number of carbonyl (C=O) groups excluding carboxylic acids is 1. The molecule has 0 amide bonds. The quantitative estimate of drug-likeness (QED) is 0.640. The van der Waals surface area contributed by atoms with E-state index in [1.54, 1.807) is 0 Å². The second-order valence-corrected chi connectivity index (χ2v) is 4.75. The number of methoxy groups -OCH3 is 1. The molecule has 0 bridgehead atoms. The van der Waals surface area contributed by atoms with E-state index in [-0.39, 0.29) is 5.97 Å². The third-order valence-electron chi connectivity index (χ3n) is 3.18. The summed E-state index contributed by atoms with van der Waals surface area (Å²) in [5, 5.41) is 0. The summed E-state index contributed by atoms with van der Waals surface area (Å²) in [5.74, 6) is 8.60. The summed E-state index contributed by atoms with van der Waals surface area (Å²) in [6.07, 6.45) is 6.43. The molecule has 0 radical (unpaired) electrons. The van der Waals surface area contributed by atoms with Crippen LogP contribution in [0.4, 0.5) is 0 Å². The Balaban J connectivity index is 2.04. The van der Waals surface area contributed by atoms with Crippen LogP contribution in [0.15, 0.2) is 48.5 Å². The molecule has 0 fully saturated rings. The van der Waals surface area contributed by atoms with Gasteiger partial charge >= 0.3 is 5.97 Å². The van der Waals surface area contributed by atoms with Crippen molar-refractivity contribution in [2.75, 3.05) is 7.11 Å². The van der Waals surface area contributed by atoms with Gasteiger partial charge in [0, 0.05) is 23.1 Å². The largest absolute Gasteiger partial charge is 0.469 e. The zero-order valence-electron chi connectivity index (χ0n) is 12.4. The number of hydrogen-bond donors (Lipinski definition) is 0. The fourth-order valence-corrected chi connectivity index (χ4v) is 1.93. The predicted molar refractivity (Wildman–Crippen MR) is 87.1 cm³/mol. The Kier molecular flexibility index (Phi) is 5.41. The van der Waals surface area contributed by atoms with Gasteiger partial charge < -0.3 is 4.74 Å². The lowest BCUT2D eigenvalue weighted by Gasteiger charge is -2.00. The minimum Gasteiger partial charge on any atom is -0.469 e. The van der Waals surface area contributed by atoms with Gasteiger partial charge in [0.25, 0.3) is 0 Å². The molecule has 0 aliphatic heterocycles. The summed E-state index contributed by atoms with van der Waals surface area (Å²) in [6, 6.07) is 15.4. The van der Waals surface area contributed by atoms with Crippen molar-refractivity contribution >= 4 is 5.97 Å². The molecule has 0 saturated heterocycles. The molecule has 0 unspecified atom stereocenters. The van der Waals surface area contributed by atoms with E-state index >= 15 is 0 Å². The van der Waals surface area contributed by atoms with E-state index in [1.165, 1.54) is 7.11 Å². The molecule has 0 saturated carbocycles. The topological polar surface area (TPSA) is 26.3 Å². The maximum Gasteiger partial charge on any atom is 0.305 e. The number of esters is 1. The molecule has 22 heavy (non-hydrogen) atoms. The van der Waals surface area contributed by atoms with Crippen LogP contribution in [0.25, 0.3) is 0 Å². The maximum absolute atomic E-state index is 11.1. The predicted octanol–water partition coefficient (Wildman–Crippen LogP) is 3.17. The lowest BCUT2D eigenvalue weighted by Crippen LogP contribution is -2.01. The summed E-state index contributed by atoms with van der Waals surface area (Å²) in [7, 11) is 1.40. The molecule has 2 aromatic rings. The molecule has 2 nitrogen and oxygen atoms in total. The van der Waals surface area contributed by atoms with Crippen molar-refractivity contribution in [3.63, 3.8) is 0 Å². The van der Waals surface area contributed by atoms with Crippen LogP contribution in [0.3, 0.4) is 0 Å². The molecule has 0 atom stereocenters. The average molecular weight is 288 g/mol. The fourth-order valence-electron chi connectivity index (χ4n) is 1.93. The number of benzene rings is 2. The Labute approximate surface area is 131 Å². The van der Waals surface area contributed by atoms with Crippen molar-refractivity contribution < 1.29 is 9.53 Å². The van der Waals surface area contributed by atoms with Crippen molar-refractivity contribution in [1.29, 1.82) is 0 Å². The van der Waals surface area contributed by atoms with E-state index in [4.69, 9.17) is 6.42 Å². The highest BCUT2D eigenvalue weighted by molar-refractivity contribution is 5.69. The van der Waals surface area contributed by atoms with E-state index in [9.17, 15) is 4.79 Å². The van der Waals surface area contributed by atoms with E-state index in [1.807, 2.05) is 48.5 Å². The number of aryl methyl sites for hydroxylation is 1. The van der Waals surface area contributed by atoms with Gasteiger partial charge in [-0.3, -0.25) is 4.79 Å². The molecule has 0 heterocycles. The highest BCUT2D eigenvalue weighted by Crippen LogP contribution is 2.07. The van der Waals surface area contributed by atoms with Crippen molar-refractivity contribution in [3.05, 3.63) is 70.8 Å². The summed E-state index contributed by atoms with van der Waals surface area (Å²) < 4.78 is 4.63. The summed E-state index contributed by atoms with van der Waals surface area (Å²) in [4.78, 5) is 11.1. The first kappa shape index (κ1) is 15.4. The highest BCUT2D eigenvalue weighted by Gasteiger charge is 2.00. The maximum atomic E-state index is 11.1. The number of rotatable bonds is 3. The monoisotopic (exact) mass is 288 g/mol. The SMILES string of the molecule is C#Cc1cccc(C#Cc2ccc(CCC(=O)OC)cc2)c1. The van der Waals surface area contributed by atoms with Gasteiger partial charge in [-0.05, 0) is 42.3 Å². The van der Waals surface area contributed by atoms with E-state index in [0.717, 1.165) is 22.3 Å². The van der Waals surface area contributed by atoms with E-state index in [2.05, 4.69) is 22.5 Å². The van der Waals surface area contributed by atoms with Gasteiger partial charge in [0.15, 0.2) is 0 Å². The van der Waals surface area contributed by atoms with Crippen LogP contribution in [-0.2, 0) is 16.0 Å². The van der Waals surface area contributed by atoms with Crippen LogP contribution < -0.4 is 0 Å². The van der Waals surface area contributed by atoms with Crippen molar-refractivity contribution in [2.24, 2.45) is 0 Å². The third-order valence-corrected chi connectivity index (χ3v) is 3.18. The minimum atomic E-state index is -0.197. The second-order valence-electron chi connectivity index (χ2n) is 4.75. The second kappa shape index (κ2) is 7.72. The standard InChI is InChI=1S/C20H16O2/c1-3-16-5-4-6-19(15-16)12-11-17-7-9-18(10-8-17)13-14-20(21)22-2/h1,4-10,15H,13-14H2,2H3. The normalized spacial score (nSPS) is 9.27. The lowest BCUT2D eigenvalue weighted by molar-refractivity contribution is -0.140.